The van der Waals surface area contributed by atoms with Crippen molar-refractivity contribution in [1.29, 1.82) is 0 Å². The van der Waals surface area contributed by atoms with Crippen LogP contribution >= 0.6 is 0 Å². The van der Waals surface area contributed by atoms with Crippen molar-refractivity contribution < 1.29 is 51.0 Å². The zero-order valence-electron chi connectivity index (χ0n) is 18.3. The maximum Gasteiger partial charge on any atom is 4.00 e. The first-order valence-corrected chi connectivity index (χ1v) is 10.2. The van der Waals surface area contributed by atoms with Crippen molar-refractivity contribution in [3.63, 3.8) is 0 Å². The molecule has 0 spiro atoms. The molecule has 0 amide bonds. The van der Waals surface area contributed by atoms with Crippen LogP contribution in [0.4, 0.5) is 0 Å². The summed E-state index contributed by atoms with van der Waals surface area (Å²) in [6, 6.07) is 21.7. The molecule has 31 heavy (non-hydrogen) atoms. The average molecular weight is 528 g/mol. The normalized spacial score (nSPS) is 11.8. The Hall–Kier alpha value is -1.47. The summed E-state index contributed by atoms with van der Waals surface area (Å²) < 4.78 is 2.37. The fourth-order valence-corrected chi connectivity index (χ4v) is 4.02. The number of hydrogen-bond acceptors (Lipinski definition) is 0. The maximum absolute atomic E-state index is 3.26. The van der Waals surface area contributed by atoms with Gasteiger partial charge in [0, 0.05) is 11.1 Å². The van der Waals surface area contributed by atoms with Gasteiger partial charge in [0.1, 0.15) is 0 Å². The number of rotatable bonds is 3. The Labute approximate surface area is 217 Å². The van der Waals surface area contributed by atoms with Gasteiger partial charge in [0.2, 0.25) is 0 Å². The predicted octanol–water partition coefficient (Wildman–Crippen LogP) is 1.60. The molecule has 0 radical (unpaired) electrons. The summed E-state index contributed by atoms with van der Waals surface area (Å²) in [6.07, 6.45) is 11.1. The smallest absolute Gasteiger partial charge is 1.00 e. The molecule has 1 aromatic heterocycles. The molecule has 1 heterocycles. The summed E-state index contributed by atoms with van der Waals surface area (Å²) in [5.74, 6) is 0. The second-order valence-electron chi connectivity index (χ2n) is 7.46. The van der Waals surface area contributed by atoms with Crippen LogP contribution in [-0.4, -0.2) is 4.57 Å². The van der Waals surface area contributed by atoms with E-state index >= 15 is 0 Å². The standard InChI is InChI=1S/C19H16N.C8H11.2ClH.Zr/c1-13-14(2)20(19-10-6-5-9-18(13)19)17-11-15-7-3-4-8-16(15)12-17;1-2-5-8-6-3-4-7-8;;;/h3-12H,1-2H3;3,6H,2,4-5H2,1H3;2*1H;/q2*-1;;;+4/p-2. The first-order chi connectivity index (χ1) is 13.7. The van der Waals surface area contributed by atoms with Crippen LogP contribution < -0.4 is 24.8 Å². The number of hydrogen-bond donors (Lipinski definition) is 0. The van der Waals surface area contributed by atoms with Crippen molar-refractivity contribution in [3.8, 4) is 5.69 Å². The average Bonchev–Trinajstić information content (AvgIpc) is 3.42. The van der Waals surface area contributed by atoms with Gasteiger partial charge >= 0.3 is 26.2 Å². The van der Waals surface area contributed by atoms with Crippen LogP contribution in [0.1, 0.15) is 37.4 Å². The van der Waals surface area contributed by atoms with Crippen molar-refractivity contribution in [3.05, 3.63) is 95.7 Å². The minimum absolute atomic E-state index is 0. The molecule has 5 rings (SSSR count). The number of fused-ring (bicyclic) bond motifs is 2. The molecule has 4 heteroatoms. The van der Waals surface area contributed by atoms with Gasteiger partial charge in [-0.15, -0.1) is 47.5 Å². The maximum atomic E-state index is 3.26. The number of benzene rings is 2. The fraction of sp³-hybridized carbons (Fsp3) is 0.222. The van der Waals surface area contributed by atoms with Crippen molar-refractivity contribution in [2.24, 2.45) is 0 Å². The molecule has 3 aromatic carbocycles. The van der Waals surface area contributed by atoms with E-state index < -0.39 is 0 Å². The van der Waals surface area contributed by atoms with E-state index in [0.29, 0.717) is 0 Å². The third kappa shape index (κ3) is 5.86. The zero-order valence-corrected chi connectivity index (χ0v) is 22.2. The van der Waals surface area contributed by atoms with E-state index in [1.807, 2.05) is 0 Å². The molecule has 0 saturated carbocycles. The number of halogens is 2. The first-order valence-electron chi connectivity index (χ1n) is 10.2. The molecule has 0 N–H and O–H groups in total. The van der Waals surface area contributed by atoms with Crippen LogP contribution in [0.25, 0.3) is 27.4 Å². The van der Waals surface area contributed by atoms with E-state index in [2.05, 4.69) is 104 Å². The summed E-state index contributed by atoms with van der Waals surface area (Å²) in [7, 11) is 0. The molecule has 158 valence electrons. The topological polar surface area (TPSA) is 4.93 Å². The summed E-state index contributed by atoms with van der Waals surface area (Å²) in [5.41, 5.74) is 6.63. The van der Waals surface area contributed by atoms with Gasteiger partial charge in [-0.05, 0) is 31.2 Å². The van der Waals surface area contributed by atoms with Gasteiger partial charge in [-0.2, -0.15) is 6.08 Å². The zero-order chi connectivity index (χ0) is 19.5. The first kappa shape index (κ1) is 27.6. The van der Waals surface area contributed by atoms with Gasteiger partial charge in [0.15, 0.2) is 0 Å². The molecule has 0 aliphatic heterocycles. The van der Waals surface area contributed by atoms with Crippen LogP contribution in [0.15, 0.2) is 78.4 Å². The third-order valence-corrected chi connectivity index (χ3v) is 5.57. The van der Waals surface area contributed by atoms with Crippen molar-refractivity contribution in [2.45, 2.75) is 40.0 Å². The number of aryl methyl sites for hydroxylation is 1. The van der Waals surface area contributed by atoms with Crippen LogP contribution in [0.2, 0.25) is 0 Å². The Morgan fingerprint density at radius 2 is 1.71 bits per heavy atom. The van der Waals surface area contributed by atoms with E-state index in [9.17, 15) is 0 Å². The van der Waals surface area contributed by atoms with Crippen molar-refractivity contribution in [2.75, 3.05) is 0 Å². The number of allylic oxidation sites excluding steroid dienone is 4. The molecule has 1 aliphatic carbocycles. The van der Waals surface area contributed by atoms with Crippen molar-refractivity contribution >= 4 is 21.7 Å². The molecule has 0 bridgehead atoms. The monoisotopic (exact) mass is 525 g/mol. The van der Waals surface area contributed by atoms with Gasteiger partial charge in [-0.1, -0.05) is 44.0 Å². The van der Waals surface area contributed by atoms with Crippen LogP contribution in [-0.2, 0) is 26.2 Å². The molecule has 0 atom stereocenters. The molecular formula is C27H27Cl2NZr. The Morgan fingerprint density at radius 3 is 2.39 bits per heavy atom. The van der Waals surface area contributed by atoms with Gasteiger partial charge < -0.3 is 29.4 Å². The second-order valence-corrected chi connectivity index (χ2v) is 7.46. The Kier molecular flexibility index (Phi) is 11.2. The van der Waals surface area contributed by atoms with E-state index in [1.54, 1.807) is 0 Å². The van der Waals surface area contributed by atoms with Gasteiger partial charge in [0.05, 0.1) is 5.52 Å². The van der Waals surface area contributed by atoms with Gasteiger partial charge in [-0.3, -0.25) is 6.08 Å². The Balaban J connectivity index is 0.000000378. The van der Waals surface area contributed by atoms with E-state index in [0.717, 1.165) is 6.42 Å². The van der Waals surface area contributed by atoms with E-state index in [1.165, 1.54) is 57.0 Å². The molecule has 0 fully saturated rings. The number of aromatic nitrogens is 1. The third-order valence-electron chi connectivity index (χ3n) is 5.57. The molecule has 0 unspecified atom stereocenters. The van der Waals surface area contributed by atoms with Gasteiger partial charge in [0.25, 0.3) is 0 Å². The van der Waals surface area contributed by atoms with Crippen LogP contribution in [0, 0.1) is 19.9 Å². The summed E-state index contributed by atoms with van der Waals surface area (Å²) in [5, 5.41) is 3.95. The fourth-order valence-electron chi connectivity index (χ4n) is 4.02. The second kappa shape index (κ2) is 12.5. The Bertz CT molecular complexity index is 1150. The summed E-state index contributed by atoms with van der Waals surface area (Å²) in [4.78, 5) is 0. The minimum Gasteiger partial charge on any atom is -1.00 e. The van der Waals surface area contributed by atoms with Crippen molar-refractivity contribution in [1.82, 2.24) is 4.57 Å². The quantitative estimate of drug-likeness (QED) is 0.357. The number of para-hydroxylation sites is 1. The van der Waals surface area contributed by atoms with Crippen LogP contribution in [0.3, 0.4) is 0 Å². The molecule has 1 nitrogen and oxygen atoms in total. The Morgan fingerprint density at radius 1 is 1.00 bits per heavy atom. The number of nitrogens with zero attached hydrogens (tertiary/aromatic N) is 1. The summed E-state index contributed by atoms with van der Waals surface area (Å²) >= 11 is 0. The molecular weight excluding hydrogens is 500 g/mol. The largest absolute Gasteiger partial charge is 4.00 e. The van der Waals surface area contributed by atoms with E-state index in [4.69, 9.17) is 0 Å². The molecule has 1 aliphatic rings. The molecule has 4 aromatic rings. The summed E-state index contributed by atoms with van der Waals surface area (Å²) in [6.45, 7) is 6.60. The molecule has 0 saturated heterocycles. The SMILES string of the molecule is CCCC1=[C-]CC=C1.Cc1c(C)n(-c2cc3ccccc3[cH-]2)c2ccccc12.[Cl-].[Cl-].[Zr+4]. The van der Waals surface area contributed by atoms with Crippen LogP contribution in [0.5, 0.6) is 0 Å². The van der Waals surface area contributed by atoms with E-state index in [-0.39, 0.29) is 51.0 Å². The predicted molar refractivity (Wildman–Crippen MR) is 121 cm³/mol. The minimum atomic E-state index is 0. The van der Waals surface area contributed by atoms with Gasteiger partial charge in [-0.25, -0.2) is 11.6 Å².